The third-order valence-corrected chi connectivity index (χ3v) is 2.03. The van der Waals surface area contributed by atoms with Gasteiger partial charge in [0.05, 0.1) is 6.61 Å². The minimum Gasteiger partial charge on any atom is -0.492 e. The molecule has 0 heterocycles. The third kappa shape index (κ3) is 4.33. The number of ether oxygens (including phenoxy) is 1. The topological polar surface area (TPSA) is 21.3 Å². The first kappa shape index (κ1) is 12.5. The van der Waals surface area contributed by atoms with E-state index in [2.05, 4.69) is 11.2 Å². The highest BCUT2D eigenvalue weighted by atomic mass is 19.1. The van der Waals surface area contributed by atoms with Crippen LogP contribution in [0.15, 0.2) is 18.2 Å². The van der Waals surface area contributed by atoms with Crippen LogP contribution in [0.4, 0.5) is 4.39 Å². The molecule has 0 spiro atoms. The van der Waals surface area contributed by atoms with Crippen molar-refractivity contribution in [3.8, 4) is 18.1 Å². The van der Waals surface area contributed by atoms with Crippen LogP contribution in [-0.2, 0) is 6.54 Å². The van der Waals surface area contributed by atoms with Gasteiger partial charge in [0.15, 0.2) is 0 Å². The van der Waals surface area contributed by atoms with E-state index in [0.717, 1.165) is 12.1 Å². The lowest BCUT2D eigenvalue weighted by Gasteiger charge is -2.07. The van der Waals surface area contributed by atoms with Gasteiger partial charge in [-0.05, 0) is 24.2 Å². The molecule has 2 nitrogen and oxygen atoms in total. The molecule has 0 saturated carbocycles. The van der Waals surface area contributed by atoms with Gasteiger partial charge in [0, 0.05) is 19.0 Å². The second-order valence-corrected chi connectivity index (χ2v) is 3.38. The highest BCUT2D eigenvalue weighted by molar-refractivity contribution is 5.29. The Morgan fingerprint density at radius 2 is 2.25 bits per heavy atom. The molecule has 0 aliphatic heterocycles. The van der Waals surface area contributed by atoms with Gasteiger partial charge in [-0.2, -0.15) is 0 Å². The molecule has 1 aromatic rings. The smallest absolute Gasteiger partial charge is 0.127 e. The Morgan fingerprint density at radius 3 is 2.94 bits per heavy atom. The Kier molecular flexibility index (Phi) is 5.38. The molecular formula is C13H16FNO. The van der Waals surface area contributed by atoms with Gasteiger partial charge >= 0.3 is 0 Å². The molecule has 0 radical (unpaired) electrons. The summed E-state index contributed by atoms with van der Waals surface area (Å²) in [5.74, 6) is 2.72. The van der Waals surface area contributed by atoms with Crippen LogP contribution in [0.1, 0.15) is 18.9 Å². The number of rotatable bonds is 6. The van der Waals surface area contributed by atoms with Gasteiger partial charge in [-0.15, -0.1) is 12.3 Å². The van der Waals surface area contributed by atoms with Crippen molar-refractivity contribution >= 4 is 0 Å². The van der Waals surface area contributed by atoms with Crippen molar-refractivity contribution in [2.24, 2.45) is 0 Å². The van der Waals surface area contributed by atoms with Gasteiger partial charge in [-0.1, -0.05) is 6.92 Å². The Hall–Kier alpha value is -1.53. The van der Waals surface area contributed by atoms with Crippen molar-refractivity contribution in [1.82, 2.24) is 5.32 Å². The summed E-state index contributed by atoms with van der Waals surface area (Å²) in [6.45, 7) is 3.91. The molecule has 1 rings (SSSR count). The lowest BCUT2D eigenvalue weighted by molar-refractivity contribution is 0.325. The predicted molar refractivity (Wildman–Crippen MR) is 62.7 cm³/mol. The molecule has 1 N–H and O–H groups in total. The van der Waals surface area contributed by atoms with Crippen LogP contribution in [0.25, 0.3) is 0 Å². The Labute approximate surface area is 95.8 Å². The van der Waals surface area contributed by atoms with E-state index in [1.165, 1.54) is 12.1 Å². The zero-order chi connectivity index (χ0) is 11.8. The van der Waals surface area contributed by atoms with E-state index < -0.39 is 0 Å². The number of hydrogen-bond donors (Lipinski definition) is 1. The van der Waals surface area contributed by atoms with Crippen molar-refractivity contribution in [1.29, 1.82) is 0 Å². The molecular weight excluding hydrogens is 205 g/mol. The predicted octanol–water partition coefficient (Wildman–Crippen LogP) is 2.34. The number of terminal acetylenes is 1. The molecule has 1 aromatic carbocycles. The molecule has 0 fully saturated rings. The Morgan fingerprint density at radius 1 is 1.44 bits per heavy atom. The summed E-state index contributed by atoms with van der Waals surface area (Å²) in [6.07, 6.45) is 5.63. The van der Waals surface area contributed by atoms with Gasteiger partial charge in [-0.3, -0.25) is 0 Å². The van der Waals surface area contributed by atoms with Gasteiger partial charge < -0.3 is 10.1 Å². The van der Waals surface area contributed by atoms with Crippen LogP contribution in [0, 0.1) is 18.2 Å². The van der Waals surface area contributed by atoms with Crippen molar-refractivity contribution in [2.45, 2.75) is 19.9 Å². The summed E-state index contributed by atoms with van der Waals surface area (Å²) in [7, 11) is 0. The summed E-state index contributed by atoms with van der Waals surface area (Å²) >= 11 is 0. The van der Waals surface area contributed by atoms with Crippen LogP contribution in [-0.4, -0.2) is 13.2 Å². The summed E-state index contributed by atoms with van der Waals surface area (Å²) < 4.78 is 18.6. The van der Waals surface area contributed by atoms with E-state index in [1.807, 2.05) is 13.0 Å². The lowest BCUT2D eigenvalue weighted by Crippen LogP contribution is -2.12. The van der Waals surface area contributed by atoms with Crippen molar-refractivity contribution in [3.63, 3.8) is 0 Å². The molecule has 0 aliphatic rings. The number of benzene rings is 1. The first-order valence-corrected chi connectivity index (χ1v) is 5.32. The normalized spacial score (nSPS) is 9.81. The molecule has 0 saturated heterocycles. The largest absolute Gasteiger partial charge is 0.492 e. The second kappa shape index (κ2) is 6.86. The first-order valence-electron chi connectivity index (χ1n) is 5.32. The summed E-state index contributed by atoms with van der Waals surface area (Å²) in [5.41, 5.74) is 0.873. The Balaban J connectivity index is 2.62. The lowest BCUT2D eigenvalue weighted by atomic mass is 10.2. The minimum absolute atomic E-state index is 0.286. The van der Waals surface area contributed by atoms with Gasteiger partial charge in [-0.25, -0.2) is 4.39 Å². The van der Waals surface area contributed by atoms with Crippen LogP contribution in [0.3, 0.4) is 0 Å². The average molecular weight is 221 g/mol. The molecule has 0 atom stereocenters. The van der Waals surface area contributed by atoms with Crippen molar-refractivity contribution in [3.05, 3.63) is 29.6 Å². The molecule has 0 bridgehead atoms. The molecule has 0 aromatic heterocycles. The van der Waals surface area contributed by atoms with Gasteiger partial charge in [0.25, 0.3) is 0 Å². The molecule has 0 unspecified atom stereocenters. The number of halogens is 1. The average Bonchev–Trinajstić information content (AvgIpc) is 2.26. The molecule has 0 amide bonds. The quantitative estimate of drug-likeness (QED) is 0.588. The maximum atomic E-state index is 13.2. The summed E-state index contributed by atoms with van der Waals surface area (Å²) in [6, 6.07) is 4.69. The zero-order valence-electron chi connectivity index (χ0n) is 9.42. The SMILES string of the molecule is C#CCCOc1cc(F)cc(CNCC)c1. The second-order valence-electron chi connectivity index (χ2n) is 3.38. The Bertz CT molecular complexity index is 371. The van der Waals surface area contributed by atoms with E-state index in [4.69, 9.17) is 11.2 Å². The summed E-state index contributed by atoms with van der Waals surface area (Å²) in [4.78, 5) is 0. The van der Waals surface area contributed by atoms with Crippen LogP contribution in [0.2, 0.25) is 0 Å². The highest BCUT2D eigenvalue weighted by Gasteiger charge is 2.01. The van der Waals surface area contributed by atoms with E-state index in [9.17, 15) is 4.39 Å². The van der Waals surface area contributed by atoms with E-state index in [-0.39, 0.29) is 5.82 Å². The fraction of sp³-hybridized carbons (Fsp3) is 0.385. The maximum absolute atomic E-state index is 13.2. The number of hydrogen-bond acceptors (Lipinski definition) is 2. The fourth-order valence-electron chi connectivity index (χ4n) is 1.30. The third-order valence-electron chi connectivity index (χ3n) is 2.03. The summed E-state index contributed by atoms with van der Waals surface area (Å²) in [5, 5.41) is 3.13. The fourth-order valence-corrected chi connectivity index (χ4v) is 1.30. The highest BCUT2D eigenvalue weighted by Crippen LogP contribution is 2.16. The van der Waals surface area contributed by atoms with Crippen molar-refractivity contribution in [2.75, 3.05) is 13.2 Å². The standard InChI is InChI=1S/C13H16FNO/c1-3-5-6-16-13-8-11(10-15-4-2)7-12(14)9-13/h1,7-9,15H,4-6,10H2,2H3. The molecule has 3 heteroatoms. The monoisotopic (exact) mass is 221 g/mol. The van der Waals surface area contributed by atoms with Gasteiger partial charge in [0.2, 0.25) is 0 Å². The number of nitrogens with one attached hydrogen (secondary N) is 1. The van der Waals surface area contributed by atoms with Crippen LogP contribution >= 0.6 is 0 Å². The molecule has 86 valence electrons. The van der Waals surface area contributed by atoms with Crippen LogP contribution < -0.4 is 10.1 Å². The van der Waals surface area contributed by atoms with E-state index in [1.54, 1.807) is 0 Å². The molecule has 0 aliphatic carbocycles. The minimum atomic E-state index is -0.286. The first-order chi connectivity index (χ1) is 7.76. The zero-order valence-corrected chi connectivity index (χ0v) is 9.42. The van der Waals surface area contributed by atoms with E-state index >= 15 is 0 Å². The maximum Gasteiger partial charge on any atom is 0.127 e. The van der Waals surface area contributed by atoms with E-state index in [0.29, 0.717) is 25.3 Å². The van der Waals surface area contributed by atoms with Crippen molar-refractivity contribution < 1.29 is 9.13 Å². The van der Waals surface area contributed by atoms with Crippen LogP contribution in [0.5, 0.6) is 5.75 Å². The van der Waals surface area contributed by atoms with Gasteiger partial charge in [0.1, 0.15) is 11.6 Å². The molecule has 16 heavy (non-hydrogen) atoms.